The highest BCUT2D eigenvalue weighted by Crippen LogP contribution is 2.40. The summed E-state index contributed by atoms with van der Waals surface area (Å²) in [7, 11) is -0.988. The van der Waals surface area contributed by atoms with E-state index in [1.165, 1.54) is 37.0 Å². The van der Waals surface area contributed by atoms with Crippen molar-refractivity contribution in [2.45, 2.75) is 64.2 Å². The summed E-state index contributed by atoms with van der Waals surface area (Å²) < 4.78 is 0. The summed E-state index contributed by atoms with van der Waals surface area (Å²) in [5, 5.41) is 8.97. The highest BCUT2D eigenvalue weighted by molar-refractivity contribution is 6.79. The Balaban J connectivity index is 2.53. The Morgan fingerprint density at radius 1 is 1.44 bits per heavy atom. The number of hydrogen-bond donors (Lipinski definition) is 1. The number of carboxylic acids is 1. The van der Waals surface area contributed by atoms with Crippen molar-refractivity contribution in [2.24, 2.45) is 11.8 Å². The molecule has 0 bridgehead atoms. The number of hydrogen-bond acceptors (Lipinski definition) is 1. The van der Waals surface area contributed by atoms with Gasteiger partial charge < -0.3 is 5.11 Å². The maximum atomic E-state index is 10.9. The van der Waals surface area contributed by atoms with Crippen LogP contribution in [-0.4, -0.2) is 19.1 Å². The molecule has 2 nitrogen and oxygen atoms in total. The van der Waals surface area contributed by atoms with Crippen molar-refractivity contribution in [3.8, 4) is 0 Å². The van der Waals surface area contributed by atoms with Gasteiger partial charge in [-0.1, -0.05) is 57.8 Å². The molecule has 1 aliphatic heterocycles. The quantitative estimate of drug-likeness (QED) is 0.740. The summed E-state index contributed by atoms with van der Waals surface area (Å²) in [6.07, 6.45) is 3.53. The zero-order chi connectivity index (χ0) is 12.2. The van der Waals surface area contributed by atoms with E-state index in [9.17, 15) is 4.79 Å². The van der Waals surface area contributed by atoms with Crippen molar-refractivity contribution in [1.82, 2.24) is 0 Å². The van der Waals surface area contributed by atoms with Crippen LogP contribution in [0.2, 0.25) is 24.2 Å². The van der Waals surface area contributed by atoms with Crippen LogP contribution in [0.25, 0.3) is 0 Å². The van der Waals surface area contributed by atoms with Crippen LogP contribution in [-0.2, 0) is 4.79 Å². The first kappa shape index (κ1) is 13.8. The van der Waals surface area contributed by atoms with Gasteiger partial charge in [-0.05, 0) is 12.3 Å². The van der Waals surface area contributed by atoms with Crippen LogP contribution >= 0.6 is 0 Å². The van der Waals surface area contributed by atoms with Crippen molar-refractivity contribution in [3.05, 3.63) is 0 Å². The SMILES string of the molecule is CC[Si]1(CC)CCCC(CC(C)C(=O)O)C1. The Morgan fingerprint density at radius 3 is 2.56 bits per heavy atom. The molecular weight excluding hydrogens is 216 g/mol. The first-order chi connectivity index (χ1) is 7.53. The zero-order valence-corrected chi connectivity index (χ0v) is 12.0. The summed E-state index contributed by atoms with van der Waals surface area (Å²) in [5.41, 5.74) is 0. The van der Waals surface area contributed by atoms with Crippen LogP contribution in [0.4, 0.5) is 0 Å². The lowest BCUT2D eigenvalue weighted by atomic mass is 9.93. The summed E-state index contributed by atoms with van der Waals surface area (Å²) in [6, 6.07) is 5.65. The van der Waals surface area contributed by atoms with Crippen molar-refractivity contribution in [3.63, 3.8) is 0 Å². The second kappa shape index (κ2) is 5.85. The Bertz CT molecular complexity index is 236. The molecule has 1 fully saturated rings. The van der Waals surface area contributed by atoms with E-state index >= 15 is 0 Å². The normalized spacial score (nSPS) is 26.3. The third-order valence-corrected chi connectivity index (χ3v) is 10.5. The van der Waals surface area contributed by atoms with Gasteiger partial charge in [0.05, 0.1) is 14.0 Å². The molecule has 2 unspecified atom stereocenters. The summed E-state index contributed by atoms with van der Waals surface area (Å²) in [6.45, 7) is 6.55. The van der Waals surface area contributed by atoms with Gasteiger partial charge in [0.15, 0.2) is 0 Å². The van der Waals surface area contributed by atoms with Crippen LogP contribution in [0.15, 0.2) is 0 Å². The number of carbonyl (C=O) groups is 1. The number of rotatable bonds is 5. The maximum Gasteiger partial charge on any atom is 0.306 e. The van der Waals surface area contributed by atoms with Gasteiger partial charge in [0.1, 0.15) is 0 Å². The largest absolute Gasteiger partial charge is 0.481 e. The third kappa shape index (κ3) is 3.34. The molecule has 0 aromatic carbocycles. The smallest absolute Gasteiger partial charge is 0.306 e. The van der Waals surface area contributed by atoms with Gasteiger partial charge in [0.25, 0.3) is 0 Å². The molecule has 0 saturated carbocycles. The Morgan fingerprint density at radius 2 is 2.06 bits per heavy atom. The predicted molar refractivity (Wildman–Crippen MR) is 70.5 cm³/mol. The van der Waals surface area contributed by atoms with Crippen molar-refractivity contribution < 1.29 is 9.90 Å². The fourth-order valence-electron chi connectivity index (χ4n) is 3.28. The molecule has 1 rings (SSSR count). The first-order valence-corrected chi connectivity index (χ1v) is 9.58. The highest BCUT2D eigenvalue weighted by Gasteiger charge is 2.36. The van der Waals surface area contributed by atoms with Gasteiger partial charge in [0, 0.05) is 0 Å². The van der Waals surface area contributed by atoms with E-state index in [1.807, 2.05) is 6.92 Å². The lowest BCUT2D eigenvalue weighted by Gasteiger charge is -2.38. The molecular formula is C13H26O2Si. The number of aliphatic carboxylic acids is 1. The molecule has 1 N–H and O–H groups in total. The maximum absolute atomic E-state index is 10.9. The first-order valence-electron chi connectivity index (χ1n) is 6.76. The fourth-order valence-corrected chi connectivity index (χ4v) is 7.81. The van der Waals surface area contributed by atoms with Gasteiger partial charge in [-0.25, -0.2) is 0 Å². The summed E-state index contributed by atoms with van der Waals surface area (Å²) in [4.78, 5) is 10.9. The predicted octanol–water partition coefficient (Wildman–Crippen LogP) is 4.00. The van der Waals surface area contributed by atoms with Crippen LogP contribution in [0, 0.1) is 11.8 Å². The Kier molecular flexibility index (Phi) is 5.03. The van der Waals surface area contributed by atoms with Crippen molar-refractivity contribution in [2.75, 3.05) is 0 Å². The van der Waals surface area contributed by atoms with E-state index in [2.05, 4.69) is 13.8 Å². The number of carboxylic acid groups (broad SMARTS) is 1. The molecule has 1 saturated heterocycles. The van der Waals surface area contributed by atoms with Gasteiger partial charge in [0.2, 0.25) is 0 Å². The monoisotopic (exact) mass is 242 g/mol. The molecule has 16 heavy (non-hydrogen) atoms. The average Bonchev–Trinajstić information content (AvgIpc) is 2.29. The highest BCUT2D eigenvalue weighted by atomic mass is 28.3. The van der Waals surface area contributed by atoms with E-state index in [-0.39, 0.29) is 5.92 Å². The summed E-state index contributed by atoms with van der Waals surface area (Å²) >= 11 is 0. The lowest BCUT2D eigenvalue weighted by Crippen LogP contribution is -2.38. The molecule has 2 atom stereocenters. The van der Waals surface area contributed by atoms with Crippen LogP contribution < -0.4 is 0 Å². The van der Waals surface area contributed by atoms with Crippen molar-refractivity contribution in [1.29, 1.82) is 0 Å². The molecule has 3 heteroatoms. The van der Waals surface area contributed by atoms with Crippen LogP contribution in [0.1, 0.15) is 40.0 Å². The van der Waals surface area contributed by atoms with E-state index in [4.69, 9.17) is 5.11 Å². The van der Waals surface area contributed by atoms with Crippen molar-refractivity contribution >= 4 is 14.0 Å². The minimum atomic E-state index is -0.988. The molecule has 94 valence electrons. The van der Waals surface area contributed by atoms with E-state index in [0.29, 0.717) is 5.92 Å². The average molecular weight is 242 g/mol. The molecule has 0 aliphatic carbocycles. The standard InChI is InChI=1S/C13H26O2Si/c1-4-16(5-2)8-6-7-12(10-16)9-11(3)13(14)15/h11-12H,4-10H2,1-3H3,(H,14,15). The van der Waals surface area contributed by atoms with E-state index in [1.54, 1.807) is 0 Å². The zero-order valence-electron chi connectivity index (χ0n) is 11.0. The topological polar surface area (TPSA) is 37.3 Å². The Labute approximate surface area is 100 Å². The van der Waals surface area contributed by atoms with Gasteiger partial charge >= 0.3 is 5.97 Å². The van der Waals surface area contributed by atoms with Crippen LogP contribution in [0.3, 0.4) is 0 Å². The van der Waals surface area contributed by atoms with Gasteiger partial charge in [-0.15, -0.1) is 0 Å². The fraction of sp³-hybridized carbons (Fsp3) is 0.923. The third-order valence-electron chi connectivity index (χ3n) is 4.65. The van der Waals surface area contributed by atoms with E-state index < -0.39 is 14.0 Å². The second-order valence-corrected chi connectivity index (χ2v) is 11.0. The molecule has 1 heterocycles. The molecule has 0 aromatic rings. The molecule has 0 amide bonds. The van der Waals surface area contributed by atoms with Gasteiger partial charge in [-0.2, -0.15) is 0 Å². The van der Waals surface area contributed by atoms with Gasteiger partial charge in [-0.3, -0.25) is 4.79 Å². The molecule has 1 aliphatic rings. The minimum Gasteiger partial charge on any atom is -0.481 e. The lowest BCUT2D eigenvalue weighted by molar-refractivity contribution is -0.141. The molecule has 0 spiro atoms. The molecule has 0 aromatic heterocycles. The summed E-state index contributed by atoms with van der Waals surface area (Å²) in [5.74, 6) is -0.0687. The minimum absolute atomic E-state index is 0.150. The van der Waals surface area contributed by atoms with Crippen LogP contribution in [0.5, 0.6) is 0 Å². The molecule has 0 radical (unpaired) electrons. The van der Waals surface area contributed by atoms with E-state index in [0.717, 1.165) is 6.42 Å². The Hall–Kier alpha value is -0.313. The second-order valence-electron chi connectivity index (χ2n) is 5.64.